The maximum Gasteiger partial charge on any atom is 0.345 e. The number of hydrogen-bond acceptors (Lipinski definition) is 3. The molecule has 78 valence electrons. The Kier molecular flexibility index (Phi) is 2.97. The van der Waals surface area contributed by atoms with Gasteiger partial charge in [0.1, 0.15) is 4.88 Å². The molecule has 1 atom stereocenters. The minimum atomic E-state index is -0.887. The van der Waals surface area contributed by atoms with Crippen LogP contribution in [0.4, 0.5) is 0 Å². The van der Waals surface area contributed by atoms with Gasteiger partial charge >= 0.3 is 5.97 Å². The van der Waals surface area contributed by atoms with Crippen molar-refractivity contribution >= 4 is 17.3 Å². The summed E-state index contributed by atoms with van der Waals surface area (Å²) in [4.78, 5) is 11.0. The van der Waals surface area contributed by atoms with Crippen LogP contribution in [0, 0.1) is 5.41 Å². The Labute approximate surface area is 87.6 Å². The highest BCUT2D eigenvalue weighted by atomic mass is 32.1. The lowest BCUT2D eigenvalue weighted by Crippen LogP contribution is -2.25. The SMILES string of the molecule is CC(C)(C)[C@@H](N)c1csc(C(=O)O)c1. The second kappa shape index (κ2) is 3.71. The molecule has 0 saturated carbocycles. The lowest BCUT2D eigenvalue weighted by molar-refractivity contribution is 0.0702. The Hall–Kier alpha value is -0.870. The van der Waals surface area contributed by atoms with Gasteiger partial charge in [-0.2, -0.15) is 0 Å². The first-order valence-electron chi connectivity index (χ1n) is 4.39. The largest absolute Gasteiger partial charge is 0.477 e. The van der Waals surface area contributed by atoms with E-state index >= 15 is 0 Å². The number of thiophene rings is 1. The van der Waals surface area contributed by atoms with Crippen molar-refractivity contribution < 1.29 is 9.90 Å². The van der Waals surface area contributed by atoms with Crippen LogP contribution in [0.3, 0.4) is 0 Å². The summed E-state index contributed by atoms with van der Waals surface area (Å²) in [6.45, 7) is 6.11. The smallest absolute Gasteiger partial charge is 0.345 e. The van der Waals surface area contributed by atoms with Gasteiger partial charge in [0, 0.05) is 6.04 Å². The van der Waals surface area contributed by atoms with Gasteiger partial charge in [-0.25, -0.2) is 4.79 Å². The topological polar surface area (TPSA) is 63.3 Å². The zero-order chi connectivity index (χ0) is 10.9. The molecule has 0 aliphatic carbocycles. The summed E-state index contributed by atoms with van der Waals surface area (Å²) in [5, 5.41) is 10.6. The molecule has 3 N–H and O–H groups in total. The van der Waals surface area contributed by atoms with Gasteiger partial charge in [-0.05, 0) is 22.4 Å². The van der Waals surface area contributed by atoms with E-state index in [1.807, 2.05) is 26.2 Å². The molecule has 0 unspecified atom stereocenters. The van der Waals surface area contributed by atoms with Gasteiger partial charge in [0.15, 0.2) is 0 Å². The number of aromatic carboxylic acids is 1. The number of carboxylic acids is 1. The molecule has 0 radical (unpaired) electrons. The molecule has 0 amide bonds. The van der Waals surface area contributed by atoms with Gasteiger partial charge < -0.3 is 10.8 Å². The average molecular weight is 213 g/mol. The highest BCUT2D eigenvalue weighted by Crippen LogP contribution is 2.32. The second-order valence-electron chi connectivity index (χ2n) is 4.39. The third kappa shape index (κ3) is 2.33. The molecule has 1 aromatic rings. The summed E-state index contributed by atoms with van der Waals surface area (Å²) in [5.74, 6) is -0.887. The van der Waals surface area contributed by atoms with Crippen LogP contribution < -0.4 is 5.73 Å². The maximum absolute atomic E-state index is 10.7. The van der Waals surface area contributed by atoms with E-state index in [0.29, 0.717) is 4.88 Å². The number of carboxylic acid groups (broad SMARTS) is 1. The summed E-state index contributed by atoms with van der Waals surface area (Å²) in [5.41, 5.74) is 6.86. The molecule has 0 saturated heterocycles. The van der Waals surface area contributed by atoms with Crippen LogP contribution in [0.5, 0.6) is 0 Å². The molecule has 3 nitrogen and oxygen atoms in total. The van der Waals surface area contributed by atoms with Crippen molar-refractivity contribution in [2.24, 2.45) is 11.1 Å². The minimum absolute atomic E-state index is 0.0448. The van der Waals surface area contributed by atoms with E-state index in [9.17, 15) is 4.79 Å². The Morgan fingerprint density at radius 2 is 2.14 bits per heavy atom. The summed E-state index contributed by atoms with van der Waals surface area (Å²) < 4.78 is 0. The van der Waals surface area contributed by atoms with Gasteiger partial charge in [0.2, 0.25) is 0 Å². The molecule has 0 fully saturated rings. The van der Waals surface area contributed by atoms with E-state index in [2.05, 4.69) is 0 Å². The van der Waals surface area contributed by atoms with E-state index in [0.717, 1.165) is 5.56 Å². The Morgan fingerprint density at radius 1 is 1.57 bits per heavy atom. The van der Waals surface area contributed by atoms with Crippen LogP contribution in [0.25, 0.3) is 0 Å². The first-order chi connectivity index (χ1) is 6.32. The molecular weight excluding hydrogens is 198 g/mol. The standard InChI is InChI=1S/C10H15NO2S/c1-10(2,3)8(11)6-4-7(9(12)13)14-5-6/h4-5,8H,11H2,1-3H3,(H,12,13)/t8-/m0/s1. The summed E-state index contributed by atoms with van der Waals surface area (Å²) in [6.07, 6.45) is 0. The fraction of sp³-hybridized carbons (Fsp3) is 0.500. The Bertz CT molecular complexity index is 338. The molecule has 0 aliphatic heterocycles. The maximum atomic E-state index is 10.7. The fourth-order valence-electron chi connectivity index (χ4n) is 1.13. The van der Waals surface area contributed by atoms with Crippen LogP contribution >= 0.6 is 11.3 Å². The van der Waals surface area contributed by atoms with Gasteiger partial charge in [0.05, 0.1) is 0 Å². The van der Waals surface area contributed by atoms with Gasteiger partial charge in [-0.3, -0.25) is 0 Å². The van der Waals surface area contributed by atoms with Gasteiger partial charge in [-0.15, -0.1) is 11.3 Å². The zero-order valence-corrected chi connectivity index (χ0v) is 9.39. The highest BCUT2D eigenvalue weighted by Gasteiger charge is 2.23. The summed E-state index contributed by atoms with van der Waals surface area (Å²) in [6, 6.07) is 1.54. The first kappa shape index (κ1) is 11.2. The molecule has 4 heteroatoms. The van der Waals surface area contributed by atoms with Crippen LogP contribution in [0.1, 0.15) is 42.0 Å². The van der Waals surface area contributed by atoms with Crippen molar-refractivity contribution in [1.82, 2.24) is 0 Å². The molecule has 1 rings (SSSR count). The van der Waals surface area contributed by atoms with E-state index in [-0.39, 0.29) is 11.5 Å². The van der Waals surface area contributed by atoms with Crippen molar-refractivity contribution in [3.05, 3.63) is 21.9 Å². The van der Waals surface area contributed by atoms with Crippen LogP contribution in [0.2, 0.25) is 0 Å². The van der Waals surface area contributed by atoms with E-state index < -0.39 is 5.97 Å². The van der Waals surface area contributed by atoms with E-state index in [1.165, 1.54) is 11.3 Å². The van der Waals surface area contributed by atoms with Crippen molar-refractivity contribution in [1.29, 1.82) is 0 Å². The molecule has 0 aliphatic rings. The fourth-order valence-corrected chi connectivity index (χ4v) is 1.91. The van der Waals surface area contributed by atoms with Crippen molar-refractivity contribution in [2.75, 3.05) is 0 Å². The molecule has 14 heavy (non-hydrogen) atoms. The molecule has 1 aromatic heterocycles. The molecule has 0 aromatic carbocycles. The lowest BCUT2D eigenvalue weighted by atomic mass is 9.84. The normalized spacial score (nSPS) is 14.0. The average Bonchev–Trinajstić information content (AvgIpc) is 2.48. The number of carbonyl (C=O) groups is 1. The number of rotatable bonds is 2. The summed E-state index contributed by atoms with van der Waals surface area (Å²) in [7, 11) is 0. The molecular formula is C10H15NO2S. The highest BCUT2D eigenvalue weighted by molar-refractivity contribution is 7.12. The van der Waals surface area contributed by atoms with E-state index in [4.69, 9.17) is 10.8 Å². The predicted molar refractivity (Wildman–Crippen MR) is 57.7 cm³/mol. The Balaban J connectivity index is 2.92. The monoisotopic (exact) mass is 213 g/mol. The Morgan fingerprint density at radius 3 is 2.50 bits per heavy atom. The van der Waals surface area contributed by atoms with Gasteiger partial charge in [0.25, 0.3) is 0 Å². The predicted octanol–water partition coefficient (Wildman–Crippen LogP) is 2.49. The second-order valence-corrected chi connectivity index (χ2v) is 5.30. The van der Waals surface area contributed by atoms with Crippen LogP contribution in [0.15, 0.2) is 11.4 Å². The van der Waals surface area contributed by atoms with Gasteiger partial charge in [-0.1, -0.05) is 20.8 Å². The zero-order valence-electron chi connectivity index (χ0n) is 8.57. The number of nitrogens with two attached hydrogens (primary N) is 1. The molecule has 1 heterocycles. The lowest BCUT2D eigenvalue weighted by Gasteiger charge is -2.26. The van der Waals surface area contributed by atoms with Crippen molar-refractivity contribution in [3.63, 3.8) is 0 Å². The summed E-state index contributed by atoms with van der Waals surface area (Å²) >= 11 is 1.22. The van der Waals surface area contributed by atoms with Crippen molar-refractivity contribution in [2.45, 2.75) is 26.8 Å². The third-order valence-electron chi connectivity index (χ3n) is 2.12. The first-order valence-corrected chi connectivity index (χ1v) is 5.27. The van der Waals surface area contributed by atoms with Crippen LogP contribution in [-0.2, 0) is 0 Å². The molecule has 0 bridgehead atoms. The molecule has 0 spiro atoms. The number of hydrogen-bond donors (Lipinski definition) is 2. The third-order valence-corrected chi connectivity index (χ3v) is 3.06. The quantitative estimate of drug-likeness (QED) is 0.793. The van der Waals surface area contributed by atoms with Crippen molar-refractivity contribution in [3.8, 4) is 0 Å². The van der Waals surface area contributed by atoms with E-state index in [1.54, 1.807) is 6.07 Å². The van der Waals surface area contributed by atoms with Crippen LogP contribution in [-0.4, -0.2) is 11.1 Å². The minimum Gasteiger partial charge on any atom is -0.477 e.